The van der Waals surface area contributed by atoms with E-state index in [1.54, 1.807) is 0 Å². The summed E-state index contributed by atoms with van der Waals surface area (Å²) in [5, 5.41) is 3.00. The fourth-order valence-electron chi connectivity index (χ4n) is 4.00. The molecule has 1 aliphatic heterocycles. The van der Waals surface area contributed by atoms with Crippen molar-refractivity contribution in [2.75, 3.05) is 42.5 Å². The molecule has 4 rings (SSSR count). The quantitative estimate of drug-likeness (QED) is 0.765. The number of rotatable bonds is 6. The maximum atomic E-state index is 12.4. The number of pyridine rings is 2. The van der Waals surface area contributed by atoms with Crippen LogP contribution in [0.2, 0.25) is 0 Å². The molecule has 1 amide bonds. The van der Waals surface area contributed by atoms with Crippen molar-refractivity contribution in [3.05, 3.63) is 60.1 Å². The van der Waals surface area contributed by atoms with Crippen molar-refractivity contribution in [3.63, 3.8) is 0 Å². The Balaban J connectivity index is 1.25. The van der Waals surface area contributed by atoms with Crippen LogP contribution >= 0.6 is 0 Å². The third-order valence-electron chi connectivity index (χ3n) is 5.72. The molecule has 29 heavy (non-hydrogen) atoms. The van der Waals surface area contributed by atoms with E-state index in [2.05, 4.69) is 37.2 Å². The number of carbonyl (C=O) groups excluding carboxylic acids is 1. The van der Waals surface area contributed by atoms with Crippen LogP contribution in [0.25, 0.3) is 0 Å². The van der Waals surface area contributed by atoms with Gasteiger partial charge in [0.1, 0.15) is 11.5 Å². The van der Waals surface area contributed by atoms with Crippen molar-refractivity contribution < 1.29 is 4.79 Å². The third kappa shape index (κ3) is 5.13. The van der Waals surface area contributed by atoms with Crippen LogP contribution < -0.4 is 15.1 Å². The molecule has 1 fully saturated rings. The second kappa shape index (κ2) is 9.54. The number of piperazine rings is 1. The number of nitrogens with zero attached hydrogens (tertiary/aromatic N) is 4. The van der Waals surface area contributed by atoms with Crippen LogP contribution in [-0.2, 0) is 0 Å². The largest absolute Gasteiger partial charge is 0.367 e. The van der Waals surface area contributed by atoms with E-state index in [0.717, 1.165) is 44.1 Å². The van der Waals surface area contributed by atoms with Crippen LogP contribution in [0.1, 0.15) is 42.6 Å². The van der Waals surface area contributed by atoms with Crippen molar-refractivity contribution in [3.8, 4) is 0 Å². The highest BCUT2D eigenvalue weighted by Gasteiger charge is 2.18. The fourth-order valence-corrected chi connectivity index (χ4v) is 4.00. The molecular weight excluding hydrogens is 362 g/mol. The third-order valence-corrected chi connectivity index (χ3v) is 5.72. The molecule has 0 bridgehead atoms. The summed E-state index contributed by atoms with van der Waals surface area (Å²) >= 11 is 0. The monoisotopic (exact) mass is 391 g/mol. The van der Waals surface area contributed by atoms with Gasteiger partial charge in [-0.1, -0.05) is 17.7 Å². The zero-order chi connectivity index (χ0) is 19.9. The molecule has 3 heterocycles. The summed E-state index contributed by atoms with van der Waals surface area (Å²) in [6.07, 6.45) is 11.9. The standard InChI is InChI=1S/C23H29N5O/c29-23(25-13-11-19-6-2-1-3-7-19)21-10-9-20(18-26-21)27-14-16-28(17-15-27)22-8-4-5-12-24-22/h4-6,8-10,12,18H,1-3,7,11,13-17H2,(H,25,29). The smallest absolute Gasteiger partial charge is 0.269 e. The molecule has 0 saturated carbocycles. The predicted octanol–water partition coefficient (Wildman–Crippen LogP) is 3.42. The first-order valence-electron chi connectivity index (χ1n) is 10.6. The van der Waals surface area contributed by atoms with E-state index in [0.29, 0.717) is 12.2 Å². The summed E-state index contributed by atoms with van der Waals surface area (Å²) in [5.74, 6) is 0.939. The zero-order valence-corrected chi connectivity index (χ0v) is 16.9. The maximum absolute atomic E-state index is 12.4. The van der Waals surface area contributed by atoms with Crippen molar-refractivity contribution in [1.82, 2.24) is 15.3 Å². The molecule has 0 radical (unpaired) electrons. The highest BCUT2D eigenvalue weighted by atomic mass is 16.1. The molecular formula is C23H29N5O. The van der Waals surface area contributed by atoms with E-state index in [-0.39, 0.29) is 5.91 Å². The van der Waals surface area contributed by atoms with Crippen LogP contribution in [0.15, 0.2) is 54.4 Å². The minimum atomic E-state index is -0.0899. The second-order valence-corrected chi connectivity index (χ2v) is 7.68. The minimum Gasteiger partial charge on any atom is -0.367 e. The Kier molecular flexibility index (Phi) is 6.39. The molecule has 152 valence electrons. The molecule has 0 aromatic carbocycles. The SMILES string of the molecule is O=C(NCCC1=CCCCC1)c1ccc(N2CCN(c3ccccn3)CC2)cn1. The Morgan fingerprint density at radius 3 is 2.55 bits per heavy atom. The molecule has 6 nitrogen and oxygen atoms in total. The first-order valence-corrected chi connectivity index (χ1v) is 10.6. The number of amides is 1. The lowest BCUT2D eigenvalue weighted by Crippen LogP contribution is -2.46. The number of allylic oxidation sites excluding steroid dienone is 1. The highest BCUT2D eigenvalue weighted by molar-refractivity contribution is 5.92. The molecule has 1 saturated heterocycles. The van der Waals surface area contributed by atoms with Gasteiger partial charge in [0.05, 0.1) is 11.9 Å². The normalized spacial score (nSPS) is 17.0. The number of hydrogen-bond acceptors (Lipinski definition) is 5. The minimum absolute atomic E-state index is 0.0899. The first-order chi connectivity index (χ1) is 14.3. The molecule has 0 spiro atoms. The molecule has 1 N–H and O–H groups in total. The number of nitrogens with one attached hydrogen (secondary N) is 1. The van der Waals surface area contributed by atoms with E-state index in [4.69, 9.17) is 0 Å². The van der Waals surface area contributed by atoms with Crippen molar-refractivity contribution in [1.29, 1.82) is 0 Å². The van der Waals surface area contributed by atoms with E-state index in [9.17, 15) is 4.79 Å². The van der Waals surface area contributed by atoms with Crippen molar-refractivity contribution in [2.24, 2.45) is 0 Å². The van der Waals surface area contributed by atoms with Crippen LogP contribution in [0.5, 0.6) is 0 Å². The van der Waals surface area contributed by atoms with Crippen LogP contribution in [0.4, 0.5) is 11.5 Å². The van der Waals surface area contributed by atoms with Gasteiger partial charge >= 0.3 is 0 Å². The highest BCUT2D eigenvalue weighted by Crippen LogP contribution is 2.20. The maximum Gasteiger partial charge on any atom is 0.269 e. The Morgan fingerprint density at radius 1 is 1.00 bits per heavy atom. The van der Waals surface area contributed by atoms with Gasteiger partial charge in [0, 0.05) is 38.9 Å². The first kappa shape index (κ1) is 19.4. The topological polar surface area (TPSA) is 61.4 Å². The summed E-state index contributed by atoms with van der Waals surface area (Å²) in [6.45, 7) is 4.37. The Morgan fingerprint density at radius 2 is 1.86 bits per heavy atom. The molecule has 2 aromatic heterocycles. The number of hydrogen-bond donors (Lipinski definition) is 1. The van der Waals surface area contributed by atoms with Gasteiger partial charge in [-0.25, -0.2) is 9.97 Å². The predicted molar refractivity (Wildman–Crippen MR) is 116 cm³/mol. The van der Waals surface area contributed by atoms with Gasteiger partial charge in [0.2, 0.25) is 0 Å². The van der Waals surface area contributed by atoms with Gasteiger partial charge in [-0.05, 0) is 56.4 Å². The summed E-state index contributed by atoms with van der Waals surface area (Å²) in [4.78, 5) is 25.8. The number of aromatic nitrogens is 2. The van der Waals surface area contributed by atoms with Crippen LogP contribution in [-0.4, -0.2) is 48.6 Å². The molecule has 6 heteroatoms. The lowest BCUT2D eigenvalue weighted by molar-refractivity contribution is 0.0949. The molecule has 0 atom stereocenters. The Hall–Kier alpha value is -2.89. The van der Waals surface area contributed by atoms with E-state index in [1.165, 1.54) is 31.3 Å². The van der Waals surface area contributed by atoms with Crippen molar-refractivity contribution in [2.45, 2.75) is 32.1 Å². The average Bonchev–Trinajstić information content (AvgIpc) is 2.80. The number of carbonyl (C=O) groups is 1. The van der Waals surface area contributed by atoms with Gasteiger partial charge in [-0.15, -0.1) is 0 Å². The second-order valence-electron chi connectivity index (χ2n) is 7.68. The average molecular weight is 392 g/mol. The fraction of sp³-hybridized carbons (Fsp3) is 0.435. The van der Waals surface area contributed by atoms with Crippen molar-refractivity contribution >= 4 is 17.4 Å². The van der Waals surface area contributed by atoms with Gasteiger partial charge in [0.25, 0.3) is 5.91 Å². The van der Waals surface area contributed by atoms with E-state index >= 15 is 0 Å². The molecule has 2 aliphatic rings. The summed E-state index contributed by atoms with van der Waals surface area (Å²) in [5.41, 5.74) is 3.03. The van der Waals surface area contributed by atoms with Crippen LogP contribution in [0, 0.1) is 0 Å². The lowest BCUT2D eigenvalue weighted by atomic mass is 9.97. The van der Waals surface area contributed by atoms with Gasteiger partial charge in [-0.3, -0.25) is 4.79 Å². The van der Waals surface area contributed by atoms with Gasteiger partial charge in [0.15, 0.2) is 0 Å². The molecule has 1 aliphatic carbocycles. The van der Waals surface area contributed by atoms with E-state index in [1.807, 2.05) is 36.7 Å². The Labute approximate surface area is 172 Å². The van der Waals surface area contributed by atoms with Crippen LogP contribution in [0.3, 0.4) is 0 Å². The van der Waals surface area contributed by atoms with Gasteiger partial charge < -0.3 is 15.1 Å². The zero-order valence-electron chi connectivity index (χ0n) is 16.9. The summed E-state index contributed by atoms with van der Waals surface area (Å²) in [6, 6.07) is 9.85. The van der Waals surface area contributed by atoms with E-state index < -0.39 is 0 Å². The molecule has 0 unspecified atom stereocenters. The van der Waals surface area contributed by atoms with Gasteiger partial charge in [-0.2, -0.15) is 0 Å². The summed E-state index contributed by atoms with van der Waals surface area (Å²) < 4.78 is 0. The number of anilines is 2. The Bertz CT molecular complexity index is 826. The summed E-state index contributed by atoms with van der Waals surface area (Å²) in [7, 11) is 0. The lowest BCUT2D eigenvalue weighted by Gasteiger charge is -2.36. The molecule has 2 aromatic rings.